The van der Waals surface area contributed by atoms with E-state index in [2.05, 4.69) is 4.98 Å². The lowest BCUT2D eigenvalue weighted by molar-refractivity contribution is 0.0748. The maximum absolute atomic E-state index is 12.7. The highest BCUT2D eigenvalue weighted by Crippen LogP contribution is 2.24. The molecule has 1 aliphatic rings. The second-order valence-corrected chi connectivity index (χ2v) is 5.03. The van der Waals surface area contributed by atoms with Gasteiger partial charge in [-0.3, -0.25) is 9.78 Å². The molecule has 102 valence electrons. The van der Waals surface area contributed by atoms with Crippen LogP contribution in [-0.4, -0.2) is 22.3 Å². The van der Waals surface area contributed by atoms with Crippen LogP contribution in [-0.2, 0) is 13.0 Å². The third-order valence-electron chi connectivity index (χ3n) is 3.64. The first-order valence-electron chi connectivity index (χ1n) is 6.82. The van der Waals surface area contributed by atoms with Crippen LogP contribution in [0.2, 0.25) is 0 Å². The van der Waals surface area contributed by atoms with Crippen molar-refractivity contribution in [2.45, 2.75) is 19.4 Å². The molecule has 2 N–H and O–H groups in total. The van der Waals surface area contributed by atoms with E-state index in [9.17, 15) is 4.79 Å². The Kier molecular flexibility index (Phi) is 3.37. The normalized spacial score (nSPS) is 14.8. The summed E-state index contributed by atoms with van der Waals surface area (Å²) in [5, 5.41) is 0. The molecule has 0 atom stereocenters. The Balaban J connectivity index is 1.91. The van der Waals surface area contributed by atoms with Gasteiger partial charge in [0.1, 0.15) is 0 Å². The summed E-state index contributed by atoms with van der Waals surface area (Å²) in [4.78, 5) is 18.8. The van der Waals surface area contributed by atoms with Gasteiger partial charge in [0.2, 0.25) is 0 Å². The van der Waals surface area contributed by atoms with Crippen LogP contribution < -0.4 is 5.73 Å². The highest BCUT2D eigenvalue weighted by atomic mass is 16.2. The van der Waals surface area contributed by atoms with Crippen molar-refractivity contribution in [3.8, 4) is 0 Å². The molecule has 4 heteroatoms. The number of pyridine rings is 1. The van der Waals surface area contributed by atoms with E-state index in [0.717, 1.165) is 30.6 Å². The Morgan fingerprint density at radius 3 is 2.90 bits per heavy atom. The van der Waals surface area contributed by atoms with Crippen molar-refractivity contribution < 1.29 is 4.79 Å². The maximum atomic E-state index is 12.7. The fourth-order valence-electron chi connectivity index (χ4n) is 2.65. The molecule has 0 unspecified atom stereocenters. The summed E-state index contributed by atoms with van der Waals surface area (Å²) < 4.78 is 0. The van der Waals surface area contributed by atoms with Crippen molar-refractivity contribution in [1.29, 1.82) is 0 Å². The molecule has 1 aliphatic heterocycles. The minimum Gasteiger partial charge on any atom is -0.398 e. The molecule has 1 amide bonds. The summed E-state index contributed by atoms with van der Waals surface area (Å²) in [6.07, 6.45) is 3.60. The van der Waals surface area contributed by atoms with E-state index in [0.29, 0.717) is 17.8 Å². The molecule has 1 aromatic heterocycles. The number of hydrogen-bond donors (Lipinski definition) is 1. The molecular weight excluding hydrogens is 250 g/mol. The van der Waals surface area contributed by atoms with Crippen LogP contribution in [0.3, 0.4) is 0 Å². The molecular formula is C16H17N3O. The summed E-state index contributed by atoms with van der Waals surface area (Å²) in [5.41, 5.74) is 9.19. The molecule has 0 saturated heterocycles. The number of nitrogens with two attached hydrogens (primary N) is 1. The number of anilines is 1. The Hall–Kier alpha value is -2.36. The average molecular weight is 267 g/mol. The number of carbonyl (C=O) groups excluding carboxylic acids is 1. The van der Waals surface area contributed by atoms with Gasteiger partial charge in [-0.25, -0.2) is 0 Å². The van der Waals surface area contributed by atoms with E-state index >= 15 is 0 Å². The molecule has 20 heavy (non-hydrogen) atoms. The molecule has 2 heterocycles. The van der Waals surface area contributed by atoms with Gasteiger partial charge in [0, 0.05) is 18.4 Å². The largest absolute Gasteiger partial charge is 0.398 e. The first-order chi connectivity index (χ1) is 9.75. The van der Waals surface area contributed by atoms with Gasteiger partial charge < -0.3 is 10.6 Å². The van der Waals surface area contributed by atoms with Gasteiger partial charge >= 0.3 is 0 Å². The second kappa shape index (κ2) is 5.33. The quantitative estimate of drug-likeness (QED) is 0.849. The number of aromatic nitrogens is 1. The minimum absolute atomic E-state index is 0.0150. The summed E-state index contributed by atoms with van der Waals surface area (Å²) in [7, 11) is 0. The van der Waals surface area contributed by atoms with E-state index in [1.165, 1.54) is 0 Å². The number of hydrogen-bond acceptors (Lipinski definition) is 3. The smallest absolute Gasteiger partial charge is 0.256 e. The van der Waals surface area contributed by atoms with Gasteiger partial charge in [-0.15, -0.1) is 0 Å². The Bertz CT molecular complexity index is 625. The van der Waals surface area contributed by atoms with E-state index in [1.807, 2.05) is 35.2 Å². The molecule has 0 spiro atoms. The monoisotopic (exact) mass is 267 g/mol. The van der Waals surface area contributed by atoms with Crippen LogP contribution in [0, 0.1) is 0 Å². The molecule has 0 radical (unpaired) electrons. The highest BCUT2D eigenvalue weighted by Gasteiger charge is 2.24. The number of amides is 1. The Morgan fingerprint density at radius 1 is 1.20 bits per heavy atom. The van der Waals surface area contributed by atoms with Gasteiger partial charge in [0.05, 0.1) is 17.8 Å². The number of nitrogen functional groups attached to an aromatic ring is 1. The van der Waals surface area contributed by atoms with Gasteiger partial charge in [-0.2, -0.15) is 0 Å². The van der Waals surface area contributed by atoms with Crippen LogP contribution in [0.15, 0.2) is 42.6 Å². The Morgan fingerprint density at radius 2 is 2.10 bits per heavy atom. The van der Waals surface area contributed by atoms with E-state index in [4.69, 9.17) is 5.73 Å². The fraction of sp³-hybridized carbons (Fsp3) is 0.250. The first-order valence-corrected chi connectivity index (χ1v) is 6.82. The van der Waals surface area contributed by atoms with Gasteiger partial charge in [0.15, 0.2) is 0 Å². The van der Waals surface area contributed by atoms with Crippen molar-refractivity contribution in [3.05, 3.63) is 59.4 Å². The van der Waals surface area contributed by atoms with Crippen LogP contribution in [0.1, 0.15) is 28.0 Å². The van der Waals surface area contributed by atoms with Gasteiger partial charge in [0.25, 0.3) is 5.91 Å². The van der Waals surface area contributed by atoms with Crippen LogP contribution in [0.5, 0.6) is 0 Å². The molecule has 2 aromatic rings. The number of benzene rings is 1. The number of rotatable bonds is 2. The van der Waals surface area contributed by atoms with Crippen LogP contribution in [0.4, 0.5) is 5.69 Å². The van der Waals surface area contributed by atoms with Crippen molar-refractivity contribution in [3.63, 3.8) is 0 Å². The summed E-state index contributed by atoms with van der Waals surface area (Å²) >= 11 is 0. The SMILES string of the molecule is Nc1cccc2c1C(=O)N(Cc1ccccn1)CCC2. The lowest BCUT2D eigenvalue weighted by Crippen LogP contribution is -2.31. The second-order valence-electron chi connectivity index (χ2n) is 5.03. The summed E-state index contributed by atoms with van der Waals surface area (Å²) in [6, 6.07) is 11.5. The predicted molar refractivity (Wildman–Crippen MR) is 78.2 cm³/mol. The van der Waals surface area contributed by atoms with Crippen LogP contribution >= 0.6 is 0 Å². The van der Waals surface area contributed by atoms with Crippen LogP contribution in [0.25, 0.3) is 0 Å². The zero-order valence-electron chi connectivity index (χ0n) is 11.2. The van der Waals surface area contributed by atoms with Crippen molar-refractivity contribution >= 4 is 11.6 Å². The number of aryl methyl sites for hydroxylation is 1. The standard InChI is InChI=1S/C16H17N3O/c17-14-8-3-5-12-6-4-10-19(16(20)15(12)14)11-13-7-1-2-9-18-13/h1-3,5,7-9H,4,6,10-11,17H2. The third kappa shape index (κ3) is 2.37. The number of carbonyl (C=O) groups is 1. The third-order valence-corrected chi connectivity index (χ3v) is 3.64. The zero-order valence-corrected chi connectivity index (χ0v) is 11.2. The minimum atomic E-state index is 0.0150. The van der Waals surface area contributed by atoms with Crippen molar-refractivity contribution in [2.24, 2.45) is 0 Å². The molecule has 1 aromatic carbocycles. The molecule has 0 saturated carbocycles. The maximum Gasteiger partial charge on any atom is 0.256 e. The molecule has 0 aliphatic carbocycles. The number of fused-ring (bicyclic) bond motifs is 1. The Labute approximate surface area is 118 Å². The van der Waals surface area contributed by atoms with Gasteiger partial charge in [-0.05, 0) is 36.6 Å². The highest BCUT2D eigenvalue weighted by molar-refractivity contribution is 6.00. The summed E-state index contributed by atoms with van der Waals surface area (Å²) in [5.74, 6) is 0.0150. The molecule has 3 rings (SSSR count). The lowest BCUT2D eigenvalue weighted by atomic mass is 10.0. The predicted octanol–water partition coefficient (Wildman–Crippen LogP) is 2.25. The first kappa shape index (κ1) is 12.7. The number of nitrogens with zero attached hydrogens (tertiary/aromatic N) is 2. The zero-order chi connectivity index (χ0) is 13.9. The van der Waals surface area contributed by atoms with E-state index in [1.54, 1.807) is 12.3 Å². The lowest BCUT2D eigenvalue weighted by Gasteiger charge is -2.21. The molecule has 0 fully saturated rings. The fourth-order valence-corrected chi connectivity index (χ4v) is 2.65. The topological polar surface area (TPSA) is 59.2 Å². The van der Waals surface area contributed by atoms with Crippen molar-refractivity contribution in [1.82, 2.24) is 9.88 Å². The average Bonchev–Trinajstić information content (AvgIpc) is 2.61. The van der Waals surface area contributed by atoms with E-state index in [-0.39, 0.29) is 5.91 Å². The van der Waals surface area contributed by atoms with Gasteiger partial charge in [-0.1, -0.05) is 18.2 Å². The molecule has 4 nitrogen and oxygen atoms in total. The van der Waals surface area contributed by atoms with E-state index < -0.39 is 0 Å². The van der Waals surface area contributed by atoms with Crippen molar-refractivity contribution in [2.75, 3.05) is 12.3 Å². The molecule has 0 bridgehead atoms. The summed E-state index contributed by atoms with van der Waals surface area (Å²) in [6.45, 7) is 1.27.